The number of hydrogen-bond donors (Lipinski definition) is 0. The molecule has 0 atom stereocenters. The molecule has 0 aromatic carbocycles. The van der Waals surface area contributed by atoms with Crippen LogP contribution in [0.4, 0.5) is 0 Å². The van der Waals surface area contributed by atoms with Gasteiger partial charge < -0.3 is 0 Å². The van der Waals surface area contributed by atoms with Crippen LogP contribution in [0.5, 0.6) is 0 Å². The van der Waals surface area contributed by atoms with Gasteiger partial charge in [0.15, 0.2) is 0 Å². The molecule has 5 heteroatoms. The Hall–Kier alpha value is 0.697. The second-order valence-electron chi connectivity index (χ2n) is 16.5. The number of hydrogen-bond acceptors (Lipinski definition) is 3. The molecule has 0 radical (unpaired) electrons. The summed E-state index contributed by atoms with van der Waals surface area (Å²) in [5.74, 6) is 0. The average molecular weight is 911 g/mol. The Kier molecular flexibility index (Phi) is 20.2. The predicted octanol–water partition coefficient (Wildman–Crippen LogP) is 15.2. The molecule has 266 valence electrons. The molecule has 3 rings (SSSR count). The molecule has 0 saturated heterocycles. The molecule has 3 aromatic rings. The van der Waals surface area contributed by atoms with Crippen molar-refractivity contribution in [2.75, 3.05) is 0 Å². The van der Waals surface area contributed by atoms with Crippen LogP contribution in [0, 0.1) is 0 Å². The van der Waals surface area contributed by atoms with E-state index in [1.807, 2.05) is 0 Å². The quantitative estimate of drug-likeness (QED) is 0.0556. The maximum absolute atomic E-state index is 2.66. The third-order valence-electron chi connectivity index (χ3n) is 9.75. The summed E-state index contributed by atoms with van der Waals surface area (Å²) in [7, 11) is 0. The van der Waals surface area contributed by atoms with Crippen LogP contribution in [0.25, 0.3) is 19.5 Å². The van der Waals surface area contributed by atoms with Gasteiger partial charge in [0.2, 0.25) is 0 Å². The van der Waals surface area contributed by atoms with Gasteiger partial charge >= 0.3 is 277 Å². The number of aryl methyl sites for hydroxylation is 2. The van der Waals surface area contributed by atoms with E-state index in [4.69, 9.17) is 0 Å². The number of rotatable bonds is 26. The van der Waals surface area contributed by atoms with E-state index in [0.29, 0.717) is 0 Å². The van der Waals surface area contributed by atoms with Gasteiger partial charge in [-0.3, -0.25) is 0 Å². The Bertz CT molecular complexity index is 1150. The zero-order valence-electron chi connectivity index (χ0n) is 32.1. The summed E-state index contributed by atoms with van der Waals surface area (Å²) in [6, 6.07) is 10.3. The fourth-order valence-electron chi connectivity index (χ4n) is 6.57. The first-order chi connectivity index (χ1) is 22.5. The van der Waals surface area contributed by atoms with E-state index in [9.17, 15) is 0 Å². The van der Waals surface area contributed by atoms with Gasteiger partial charge in [-0.2, -0.15) is 0 Å². The average Bonchev–Trinajstić information content (AvgIpc) is 3.77. The third kappa shape index (κ3) is 15.5. The summed E-state index contributed by atoms with van der Waals surface area (Å²) in [5, 5.41) is 0. The molecular weight excluding hydrogens is 838 g/mol. The van der Waals surface area contributed by atoms with Gasteiger partial charge in [0.05, 0.1) is 0 Å². The van der Waals surface area contributed by atoms with Crippen LogP contribution in [0.3, 0.4) is 0 Å². The molecule has 0 unspecified atom stereocenters. The Balaban J connectivity index is 1.63. The van der Waals surface area contributed by atoms with Gasteiger partial charge in [-0.25, -0.2) is 0 Å². The van der Waals surface area contributed by atoms with Gasteiger partial charge in [-0.1, -0.05) is 39.5 Å². The van der Waals surface area contributed by atoms with E-state index in [2.05, 4.69) is 102 Å². The fraction of sp³-hybridized carbons (Fsp3) is 0.714. The van der Waals surface area contributed by atoms with E-state index in [0.717, 1.165) is 0 Å². The van der Waals surface area contributed by atoms with Gasteiger partial charge in [0.25, 0.3) is 0 Å². The predicted molar refractivity (Wildman–Crippen MR) is 228 cm³/mol. The zero-order valence-corrected chi connectivity index (χ0v) is 40.2. The number of thiophene rings is 3. The molecule has 0 amide bonds. The Morgan fingerprint density at radius 2 is 0.702 bits per heavy atom. The van der Waals surface area contributed by atoms with Crippen molar-refractivity contribution in [3.63, 3.8) is 0 Å². The third-order valence-corrected chi connectivity index (χ3v) is 32.4. The van der Waals surface area contributed by atoms with Gasteiger partial charge in [0, 0.05) is 0 Å². The molecule has 0 N–H and O–H groups in total. The summed E-state index contributed by atoms with van der Waals surface area (Å²) in [5.41, 5.74) is 3.32. The fourth-order valence-corrected chi connectivity index (χ4v) is 20.9. The topological polar surface area (TPSA) is 0 Å². The molecule has 3 aromatic heterocycles. The van der Waals surface area contributed by atoms with Crippen LogP contribution >= 0.6 is 34.0 Å². The van der Waals surface area contributed by atoms with Gasteiger partial charge in [-0.15, -0.1) is 0 Å². The minimum absolute atomic E-state index is 1.27. The van der Waals surface area contributed by atoms with Gasteiger partial charge in [-0.05, 0) is 0 Å². The van der Waals surface area contributed by atoms with Crippen LogP contribution in [0.15, 0.2) is 24.3 Å². The summed E-state index contributed by atoms with van der Waals surface area (Å²) in [6.45, 7) is 4.63. The van der Waals surface area contributed by atoms with Crippen molar-refractivity contribution in [3.05, 3.63) is 35.4 Å². The first-order valence-corrected chi connectivity index (χ1v) is 42.3. The molecule has 0 bridgehead atoms. The molecule has 0 aliphatic rings. The summed E-state index contributed by atoms with van der Waals surface area (Å²) in [4.78, 5) is 21.9. The molecule has 0 aliphatic carbocycles. The van der Waals surface area contributed by atoms with E-state index in [1.165, 1.54) is 151 Å². The zero-order chi connectivity index (χ0) is 34.1. The molecule has 47 heavy (non-hydrogen) atoms. The molecule has 0 aliphatic heterocycles. The van der Waals surface area contributed by atoms with Crippen molar-refractivity contribution in [2.45, 2.75) is 185 Å². The van der Waals surface area contributed by atoms with Crippen LogP contribution in [0.1, 0.15) is 153 Å². The Labute approximate surface area is 313 Å². The SMILES string of the molecule is CCCCCCCCCCCCc1c[c]([Sn]([CH3])([CH3])[CH3])sc1-c1ccc(-c2s[c]([Sn]([CH3])([CH3])[CH3])cc2CCCCCCCCCCCC)s1. The first-order valence-electron chi connectivity index (χ1n) is 19.9. The monoisotopic (exact) mass is 912 g/mol. The van der Waals surface area contributed by atoms with Crippen molar-refractivity contribution in [1.82, 2.24) is 0 Å². The van der Waals surface area contributed by atoms with E-state index in [1.54, 1.807) is 26.7 Å². The molecule has 0 spiro atoms. The summed E-state index contributed by atoms with van der Waals surface area (Å²) >= 11 is 2.16. The Morgan fingerprint density at radius 3 is 1.00 bits per heavy atom. The first kappa shape index (κ1) is 42.1. The van der Waals surface area contributed by atoms with Gasteiger partial charge in [0.1, 0.15) is 0 Å². The normalized spacial score (nSPS) is 12.4. The van der Waals surface area contributed by atoms with Crippen LogP contribution in [-0.2, 0) is 12.8 Å². The van der Waals surface area contributed by atoms with Crippen molar-refractivity contribution in [3.8, 4) is 19.5 Å². The molecule has 0 saturated carbocycles. The summed E-state index contributed by atoms with van der Waals surface area (Å²) in [6.07, 6.45) is 30.8. The standard InChI is InChI=1S/C36H54S3.6CH3.2Sn/c1-3-5-7-9-11-13-15-17-19-21-23-31-27-29-37-35(31)33-25-26-34(39-33)36-32(28-30-38-36)24-22-20-18-16-14-12-10-8-6-4-2;;;;;;;;/h25-28H,3-24H2,1-2H3;6*1H3;;. The van der Waals surface area contributed by atoms with E-state index < -0.39 is 36.8 Å². The maximum atomic E-state index is 2.66. The molecular formula is C42H72S3Sn2. The van der Waals surface area contributed by atoms with E-state index >= 15 is 0 Å². The van der Waals surface area contributed by atoms with Crippen LogP contribution in [0.2, 0.25) is 29.6 Å². The van der Waals surface area contributed by atoms with Crippen molar-refractivity contribution >= 4 is 76.6 Å². The van der Waals surface area contributed by atoms with Crippen LogP contribution < -0.4 is 5.79 Å². The van der Waals surface area contributed by atoms with Crippen LogP contribution in [-0.4, -0.2) is 36.8 Å². The summed E-state index contributed by atoms with van der Waals surface area (Å²) < 4.78 is 3.52. The Morgan fingerprint density at radius 1 is 0.404 bits per heavy atom. The van der Waals surface area contributed by atoms with Crippen molar-refractivity contribution < 1.29 is 0 Å². The molecule has 3 heterocycles. The molecule has 0 fully saturated rings. The number of unbranched alkanes of at least 4 members (excludes halogenated alkanes) is 18. The molecule has 0 nitrogen and oxygen atoms in total. The second-order valence-corrected chi connectivity index (χ2v) is 50.5. The van der Waals surface area contributed by atoms with Crippen molar-refractivity contribution in [1.29, 1.82) is 0 Å². The van der Waals surface area contributed by atoms with Crippen molar-refractivity contribution in [2.24, 2.45) is 0 Å². The minimum atomic E-state index is -2.14. The second kappa shape index (κ2) is 22.6. The van der Waals surface area contributed by atoms with E-state index in [-0.39, 0.29) is 0 Å².